The lowest BCUT2D eigenvalue weighted by atomic mass is 10.0. The predicted molar refractivity (Wildman–Crippen MR) is 110 cm³/mol. The molecule has 1 N–H and O–H groups in total. The zero-order valence-corrected chi connectivity index (χ0v) is 16.8. The molecule has 1 saturated heterocycles. The minimum Gasteiger partial charge on any atom is -0.486 e. The topological polar surface area (TPSA) is 67.9 Å². The van der Waals surface area contributed by atoms with E-state index in [9.17, 15) is 9.59 Å². The fraction of sp³-hybridized carbons (Fsp3) is 0.391. The van der Waals surface area contributed by atoms with Gasteiger partial charge in [-0.05, 0) is 36.6 Å². The van der Waals surface area contributed by atoms with Gasteiger partial charge in [0.2, 0.25) is 11.8 Å². The molecular formula is C23H26N2O4. The number of carbonyl (C=O) groups excluding carboxylic acids is 2. The molecule has 2 heterocycles. The van der Waals surface area contributed by atoms with Crippen LogP contribution in [0.3, 0.4) is 0 Å². The summed E-state index contributed by atoms with van der Waals surface area (Å²) in [7, 11) is 0. The van der Waals surface area contributed by atoms with Gasteiger partial charge in [-0.25, -0.2) is 0 Å². The van der Waals surface area contributed by atoms with Gasteiger partial charge < -0.3 is 19.7 Å². The van der Waals surface area contributed by atoms with Gasteiger partial charge in [0.1, 0.15) is 13.2 Å². The molecule has 0 bridgehead atoms. The lowest BCUT2D eigenvalue weighted by Gasteiger charge is -2.22. The zero-order valence-electron chi connectivity index (χ0n) is 16.8. The van der Waals surface area contributed by atoms with Crippen LogP contribution in [0.2, 0.25) is 0 Å². The molecule has 4 rings (SSSR count). The molecule has 1 fully saturated rings. The molecule has 6 heteroatoms. The zero-order chi connectivity index (χ0) is 20.4. The summed E-state index contributed by atoms with van der Waals surface area (Å²) in [6, 6.07) is 13.6. The molecule has 2 atom stereocenters. The van der Waals surface area contributed by atoms with E-state index in [1.54, 1.807) is 4.90 Å². The third kappa shape index (κ3) is 4.06. The molecule has 2 aromatic carbocycles. The molecule has 29 heavy (non-hydrogen) atoms. The van der Waals surface area contributed by atoms with Crippen LogP contribution in [0.15, 0.2) is 42.5 Å². The van der Waals surface area contributed by atoms with Crippen LogP contribution < -0.4 is 19.7 Å². The molecule has 0 radical (unpaired) electrons. The van der Waals surface area contributed by atoms with Gasteiger partial charge in [0.15, 0.2) is 11.5 Å². The SMILES string of the molecule is CCc1ccc([C@@H](C)NC(=O)[C@@H]2CC(=O)N(c3ccc4c(c3)OCCO4)C2)cc1. The Labute approximate surface area is 170 Å². The lowest BCUT2D eigenvalue weighted by Crippen LogP contribution is -2.34. The van der Waals surface area contributed by atoms with E-state index in [0.717, 1.165) is 17.7 Å². The fourth-order valence-corrected chi connectivity index (χ4v) is 3.79. The van der Waals surface area contributed by atoms with Crippen molar-refractivity contribution in [2.24, 2.45) is 5.92 Å². The second-order valence-corrected chi connectivity index (χ2v) is 7.56. The molecule has 0 unspecified atom stereocenters. The van der Waals surface area contributed by atoms with Gasteiger partial charge >= 0.3 is 0 Å². The summed E-state index contributed by atoms with van der Waals surface area (Å²) in [6.07, 6.45) is 1.20. The van der Waals surface area contributed by atoms with E-state index >= 15 is 0 Å². The third-order valence-corrected chi connectivity index (χ3v) is 5.58. The van der Waals surface area contributed by atoms with Gasteiger partial charge in [0.25, 0.3) is 0 Å². The van der Waals surface area contributed by atoms with Crippen molar-refractivity contribution in [2.75, 3.05) is 24.7 Å². The van der Waals surface area contributed by atoms with Gasteiger partial charge in [0.05, 0.1) is 12.0 Å². The van der Waals surface area contributed by atoms with Gasteiger partial charge in [0, 0.05) is 24.7 Å². The quantitative estimate of drug-likeness (QED) is 0.845. The molecule has 6 nitrogen and oxygen atoms in total. The first-order chi connectivity index (χ1) is 14.0. The van der Waals surface area contributed by atoms with Crippen LogP contribution in [0.25, 0.3) is 0 Å². The first-order valence-electron chi connectivity index (χ1n) is 10.1. The fourth-order valence-electron chi connectivity index (χ4n) is 3.79. The molecular weight excluding hydrogens is 368 g/mol. The minimum absolute atomic E-state index is 0.0539. The highest BCUT2D eigenvalue weighted by molar-refractivity contribution is 6.00. The van der Waals surface area contributed by atoms with Crippen molar-refractivity contribution in [1.82, 2.24) is 5.32 Å². The Hall–Kier alpha value is -3.02. The first-order valence-corrected chi connectivity index (χ1v) is 10.1. The Kier molecular flexibility index (Phi) is 5.43. The van der Waals surface area contributed by atoms with Crippen molar-refractivity contribution in [3.8, 4) is 11.5 Å². The molecule has 2 aliphatic rings. The van der Waals surface area contributed by atoms with Crippen molar-refractivity contribution in [1.29, 1.82) is 0 Å². The maximum atomic E-state index is 12.8. The first kappa shape index (κ1) is 19.3. The Morgan fingerprint density at radius 1 is 1.14 bits per heavy atom. The summed E-state index contributed by atoms with van der Waals surface area (Å²) >= 11 is 0. The van der Waals surface area contributed by atoms with E-state index in [1.807, 2.05) is 37.3 Å². The monoisotopic (exact) mass is 394 g/mol. The lowest BCUT2D eigenvalue weighted by molar-refractivity contribution is -0.126. The van der Waals surface area contributed by atoms with E-state index in [-0.39, 0.29) is 30.2 Å². The summed E-state index contributed by atoms with van der Waals surface area (Å²) in [5, 5.41) is 3.06. The number of ether oxygens (including phenoxy) is 2. The number of amides is 2. The Morgan fingerprint density at radius 3 is 2.59 bits per heavy atom. The van der Waals surface area contributed by atoms with E-state index in [2.05, 4.69) is 24.4 Å². The average Bonchev–Trinajstić information content (AvgIpc) is 3.15. The molecule has 2 aliphatic heterocycles. The second kappa shape index (κ2) is 8.15. The Bertz CT molecular complexity index is 910. The van der Waals surface area contributed by atoms with Crippen molar-refractivity contribution in [2.45, 2.75) is 32.7 Å². The standard InChI is InChI=1S/C23H26N2O4/c1-3-16-4-6-17(7-5-16)15(2)24-23(27)18-12-22(26)25(14-18)19-8-9-20-21(13-19)29-11-10-28-20/h4-9,13,15,18H,3,10-12,14H2,1-2H3,(H,24,27)/t15-,18-/m1/s1. The summed E-state index contributed by atoms with van der Waals surface area (Å²) in [5.74, 6) is 0.808. The van der Waals surface area contributed by atoms with Crippen molar-refractivity contribution in [3.05, 3.63) is 53.6 Å². The van der Waals surface area contributed by atoms with Gasteiger partial charge in [-0.15, -0.1) is 0 Å². The largest absolute Gasteiger partial charge is 0.486 e. The molecule has 2 amide bonds. The van der Waals surface area contributed by atoms with Crippen molar-refractivity contribution >= 4 is 17.5 Å². The summed E-state index contributed by atoms with van der Waals surface area (Å²) in [5.41, 5.74) is 3.06. The van der Waals surface area contributed by atoms with E-state index < -0.39 is 0 Å². The second-order valence-electron chi connectivity index (χ2n) is 7.56. The summed E-state index contributed by atoms with van der Waals surface area (Å²) < 4.78 is 11.1. The molecule has 0 aliphatic carbocycles. The number of rotatable bonds is 5. The van der Waals surface area contributed by atoms with E-state index in [1.165, 1.54) is 5.56 Å². The Balaban J connectivity index is 1.41. The highest BCUT2D eigenvalue weighted by Gasteiger charge is 2.36. The number of fused-ring (bicyclic) bond motifs is 1. The van der Waals surface area contributed by atoms with Gasteiger partial charge in [-0.1, -0.05) is 31.2 Å². The number of hydrogen-bond donors (Lipinski definition) is 1. The van der Waals surface area contributed by atoms with Crippen LogP contribution >= 0.6 is 0 Å². The molecule has 0 saturated carbocycles. The maximum Gasteiger partial charge on any atom is 0.227 e. The maximum absolute atomic E-state index is 12.8. The normalized spacial score (nSPS) is 19.2. The highest BCUT2D eigenvalue weighted by atomic mass is 16.6. The van der Waals surface area contributed by atoms with Gasteiger partial charge in [-0.3, -0.25) is 9.59 Å². The van der Waals surface area contributed by atoms with Crippen molar-refractivity contribution in [3.63, 3.8) is 0 Å². The van der Waals surface area contributed by atoms with Crippen LogP contribution in [0.1, 0.15) is 37.4 Å². The smallest absolute Gasteiger partial charge is 0.227 e. The number of carbonyl (C=O) groups is 2. The van der Waals surface area contributed by atoms with Crippen LogP contribution in [-0.2, 0) is 16.0 Å². The van der Waals surface area contributed by atoms with Gasteiger partial charge in [-0.2, -0.15) is 0 Å². The van der Waals surface area contributed by atoms with Crippen LogP contribution in [0.5, 0.6) is 11.5 Å². The summed E-state index contributed by atoms with van der Waals surface area (Å²) in [6.45, 7) is 5.47. The number of benzene rings is 2. The van der Waals surface area contributed by atoms with Crippen LogP contribution in [-0.4, -0.2) is 31.6 Å². The molecule has 2 aromatic rings. The number of hydrogen-bond acceptors (Lipinski definition) is 4. The number of aryl methyl sites for hydroxylation is 1. The number of anilines is 1. The molecule has 152 valence electrons. The number of nitrogens with one attached hydrogen (secondary N) is 1. The van der Waals surface area contributed by atoms with E-state index in [0.29, 0.717) is 31.3 Å². The predicted octanol–water partition coefficient (Wildman–Crippen LogP) is 3.25. The van der Waals surface area contributed by atoms with Crippen LogP contribution in [0.4, 0.5) is 5.69 Å². The minimum atomic E-state index is -0.368. The van der Waals surface area contributed by atoms with Crippen LogP contribution in [0, 0.1) is 5.92 Å². The molecule has 0 aromatic heterocycles. The summed E-state index contributed by atoms with van der Waals surface area (Å²) in [4.78, 5) is 27.0. The molecule has 0 spiro atoms. The average molecular weight is 394 g/mol. The third-order valence-electron chi connectivity index (χ3n) is 5.58. The number of nitrogens with zero attached hydrogens (tertiary/aromatic N) is 1. The van der Waals surface area contributed by atoms with E-state index in [4.69, 9.17) is 9.47 Å². The highest BCUT2D eigenvalue weighted by Crippen LogP contribution is 2.36. The Morgan fingerprint density at radius 2 is 1.86 bits per heavy atom. The van der Waals surface area contributed by atoms with Crippen molar-refractivity contribution < 1.29 is 19.1 Å².